The minimum atomic E-state index is -0.776. The number of rotatable bonds is 3. The van der Waals surface area contributed by atoms with Gasteiger partial charge in [-0.05, 0) is 24.5 Å². The quantitative estimate of drug-likeness (QED) is 0.886. The van der Waals surface area contributed by atoms with Crippen LogP contribution in [0.25, 0.3) is 0 Å². The first-order valence-corrected chi connectivity index (χ1v) is 6.14. The highest BCUT2D eigenvalue weighted by Crippen LogP contribution is 2.22. The van der Waals surface area contributed by atoms with Crippen LogP contribution >= 0.6 is 0 Å². The van der Waals surface area contributed by atoms with Crippen LogP contribution in [0.1, 0.15) is 39.3 Å². The van der Waals surface area contributed by atoms with Crippen molar-refractivity contribution in [1.29, 1.82) is 0 Å². The molecule has 1 aromatic carbocycles. The van der Waals surface area contributed by atoms with Crippen molar-refractivity contribution in [2.24, 2.45) is 11.1 Å². The molecule has 0 heterocycles. The van der Waals surface area contributed by atoms with Gasteiger partial charge in [-0.1, -0.05) is 26.8 Å². The number of nitrogens with two attached hydrogens (primary N) is 1. The molecule has 0 aliphatic heterocycles. The average molecular weight is 270 g/mol. The number of hydrogen-bond donors (Lipinski definition) is 2. The van der Waals surface area contributed by atoms with E-state index >= 15 is 0 Å². The summed E-state index contributed by atoms with van der Waals surface area (Å²) < 4.78 is 27.1. The van der Waals surface area contributed by atoms with E-state index in [9.17, 15) is 13.6 Å². The van der Waals surface area contributed by atoms with Crippen molar-refractivity contribution in [1.82, 2.24) is 5.32 Å². The first kappa shape index (κ1) is 15.6. The predicted octanol–water partition coefficient (Wildman–Crippen LogP) is 2.52. The molecule has 1 rings (SSSR count). The van der Waals surface area contributed by atoms with E-state index in [2.05, 4.69) is 5.32 Å². The van der Waals surface area contributed by atoms with Crippen molar-refractivity contribution in [2.75, 3.05) is 0 Å². The molecule has 106 valence electrons. The number of benzene rings is 1. The van der Waals surface area contributed by atoms with Crippen LogP contribution in [0.2, 0.25) is 0 Å². The molecule has 19 heavy (non-hydrogen) atoms. The van der Waals surface area contributed by atoms with E-state index in [-0.39, 0.29) is 5.56 Å². The van der Waals surface area contributed by atoms with Gasteiger partial charge in [0.2, 0.25) is 5.91 Å². The van der Waals surface area contributed by atoms with Gasteiger partial charge >= 0.3 is 0 Å². The molecule has 3 nitrogen and oxygen atoms in total. The Balaban J connectivity index is 2.86. The van der Waals surface area contributed by atoms with Gasteiger partial charge in [0, 0.05) is 5.56 Å². The summed E-state index contributed by atoms with van der Waals surface area (Å²) in [7, 11) is 0. The van der Waals surface area contributed by atoms with Crippen LogP contribution in [0.3, 0.4) is 0 Å². The molecule has 1 amide bonds. The van der Waals surface area contributed by atoms with Gasteiger partial charge in [-0.25, -0.2) is 8.78 Å². The van der Waals surface area contributed by atoms with Gasteiger partial charge in [-0.2, -0.15) is 0 Å². The molecule has 0 saturated carbocycles. The van der Waals surface area contributed by atoms with E-state index in [4.69, 9.17) is 5.73 Å². The maximum absolute atomic E-state index is 13.6. The molecule has 2 unspecified atom stereocenters. The largest absolute Gasteiger partial charge is 0.348 e. The van der Waals surface area contributed by atoms with E-state index in [0.29, 0.717) is 0 Å². The van der Waals surface area contributed by atoms with Crippen molar-refractivity contribution in [3.63, 3.8) is 0 Å². The van der Waals surface area contributed by atoms with Crippen LogP contribution in [-0.4, -0.2) is 11.9 Å². The highest BCUT2D eigenvalue weighted by Gasteiger charge is 2.29. The minimum Gasteiger partial charge on any atom is -0.348 e. The third-order valence-corrected chi connectivity index (χ3v) is 3.01. The third-order valence-electron chi connectivity index (χ3n) is 3.01. The Morgan fingerprint density at radius 1 is 1.26 bits per heavy atom. The van der Waals surface area contributed by atoms with Gasteiger partial charge in [-0.3, -0.25) is 4.79 Å². The number of hydrogen-bond acceptors (Lipinski definition) is 2. The highest BCUT2D eigenvalue weighted by atomic mass is 19.1. The van der Waals surface area contributed by atoms with Gasteiger partial charge in [0.1, 0.15) is 11.6 Å². The lowest BCUT2D eigenvalue weighted by Crippen LogP contribution is -2.49. The van der Waals surface area contributed by atoms with Gasteiger partial charge in [0.25, 0.3) is 0 Å². The Morgan fingerprint density at radius 2 is 1.74 bits per heavy atom. The van der Waals surface area contributed by atoms with Crippen LogP contribution in [-0.2, 0) is 4.79 Å². The number of halogens is 2. The van der Waals surface area contributed by atoms with E-state index in [1.54, 1.807) is 0 Å². The lowest BCUT2D eigenvalue weighted by atomic mass is 9.86. The summed E-state index contributed by atoms with van der Waals surface area (Å²) in [4.78, 5) is 11.9. The fourth-order valence-corrected chi connectivity index (χ4v) is 1.69. The summed E-state index contributed by atoms with van der Waals surface area (Å²) >= 11 is 0. The van der Waals surface area contributed by atoms with Crippen molar-refractivity contribution >= 4 is 5.91 Å². The standard InChI is InChI=1S/C14H20F2N2O/c1-8(11-9(15)6-5-7-10(11)16)18-13(19)12(17)14(2,3)4/h5-8,12H,17H2,1-4H3,(H,18,19). The van der Waals surface area contributed by atoms with Crippen molar-refractivity contribution in [3.8, 4) is 0 Å². The summed E-state index contributed by atoms with van der Waals surface area (Å²) in [6.07, 6.45) is 0. The van der Waals surface area contributed by atoms with Crippen molar-refractivity contribution < 1.29 is 13.6 Å². The molecule has 0 aliphatic carbocycles. The van der Waals surface area contributed by atoms with Crippen LogP contribution in [0, 0.1) is 17.0 Å². The molecule has 0 radical (unpaired) electrons. The molecule has 5 heteroatoms. The van der Waals surface area contributed by atoms with Crippen molar-refractivity contribution in [3.05, 3.63) is 35.4 Å². The number of carbonyl (C=O) groups excluding carboxylic acids is 1. The van der Waals surface area contributed by atoms with Gasteiger partial charge in [-0.15, -0.1) is 0 Å². The molecule has 3 N–H and O–H groups in total. The number of carbonyl (C=O) groups is 1. The Labute approximate surface area is 112 Å². The fraction of sp³-hybridized carbons (Fsp3) is 0.500. The van der Waals surface area contributed by atoms with Gasteiger partial charge in [0.15, 0.2) is 0 Å². The second kappa shape index (κ2) is 5.65. The lowest BCUT2D eigenvalue weighted by molar-refractivity contribution is -0.125. The van der Waals surface area contributed by atoms with Gasteiger partial charge < -0.3 is 11.1 Å². The monoisotopic (exact) mass is 270 g/mol. The van der Waals surface area contributed by atoms with E-state index in [0.717, 1.165) is 12.1 Å². The molecule has 0 saturated heterocycles. The Bertz CT molecular complexity index is 449. The molecule has 1 aromatic rings. The summed E-state index contributed by atoms with van der Waals surface area (Å²) in [5.74, 6) is -1.79. The normalized spacial score (nSPS) is 14.9. The van der Waals surface area contributed by atoms with E-state index in [1.807, 2.05) is 20.8 Å². The van der Waals surface area contributed by atoms with E-state index in [1.165, 1.54) is 13.0 Å². The molecule has 0 aromatic heterocycles. The average Bonchev–Trinajstić information content (AvgIpc) is 2.26. The minimum absolute atomic E-state index is 0.156. The molecule has 2 atom stereocenters. The number of amides is 1. The van der Waals surface area contributed by atoms with E-state index < -0.39 is 35.0 Å². The summed E-state index contributed by atoms with van der Waals surface area (Å²) in [5.41, 5.74) is 5.22. The Morgan fingerprint density at radius 3 is 2.16 bits per heavy atom. The summed E-state index contributed by atoms with van der Waals surface area (Å²) in [6, 6.07) is 2.07. The molecule has 0 bridgehead atoms. The maximum atomic E-state index is 13.6. The second-order valence-electron chi connectivity index (χ2n) is 5.71. The smallest absolute Gasteiger partial charge is 0.237 e. The molecular weight excluding hydrogens is 250 g/mol. The maximum Gasteiger partial charge on any atom is 0.237 e. The first-order valence-electron chi connectivity index (χ1n) is 6.14. The van der Waals surface area contributed by atoms with Crippen LogP contribution in [0.5, 0.6) is 0 Å². The number of nitrogens with one attached hydrogen (secondary N) is 1. The molecule has 0 fully saturated rings. The van der Waals surface area contributed by atoms with Gasteiger partial charge in [0.05, 0.1) is 12.1 Å². The predicted molar refractivity (Wildman–Crippen MR) is 70.3 cm³/mol. The molecular formula is C14H20F2N2O. The SMILES string of the molecule is CC(NC(=O)C(N)C(C)(C)C)c1c(F)cccc1F. The zero-order chi connectivity index (χ0) is 14.8. The summed E-state index contributed by atoms with van der Waals surface area (Å²) in [5, 5.41) is 2.54. The van der Waals surface area contributed by atoms with Crippen LogP contribution in [0.4, 0.5) is 8.78 Å². The third kappa shape index (κ3) is 3.73. The zero-order valence-electron chi connectivity index (χ0n) is 11.6. The lowest BCUT2D eigenvalue weighted by Gasteiger charge is -2.27. The zero-order valence-corrected chi connectivity index (χ0v) is 11.6. The molecule has 0 spiro atoms. The Kier molecular flexibility index (Phi) is 4.63. The summed E-state index contributed by atoms with van der Waals surface area (Å²) in [6.45, 7) is 7.00. The van der Waals surface area contributed by atoms with Crippen molar-refractivity contribution in [2.45, 2.75) is 39.8 Å². The topological polar surface area (TPSA) is 55.1 Å². The van der Waals surface area contributed by atoms with Crippen LogP contribution in [0.15, 0.2) is 18.2 Å². The second-order valence-corrected chi connectivity index (χ2v) is 5.71. The first-order chi connectivity index (χ1) is 8.64. The van der Waals surface area contributed by atoms with Crippen LogP contribution < -0.4 is 11.1 Å². The highest BCUT2D eigenvalue weighted by molar-refractivity contribution is 5.82. The Hall–Kier alpha value is -1.49. The fourth-order valence-electron chi connectivity index (χ4n) is 1.69. The molecule has 0 aliphatic rings.